The number of carbonyl (C=O) groups excluding carboxylic acids is 1. The van der Waals surface area contributed by atoms with Gasteiger partial charge in [0.2, 0.25) is 0 Å². The predicted octanol–water partition coefficient (Wildman–Crippen LogP) is 1.82. The Hall–Kier alpha value is -1.59. The van der Waals surface area contributed by atoms with Crippen molar-refractivity contribution in [1.82, 2.24) is 5.32 Å². The Morgan fingerprint density at radius 3 is 2.59 bits per heavy atom. The van der Waals surface area contributed by atoms with E-state index in [0.29, 0.717) is 31.9 Å². The third-order valence-electron chi connectivity index (χ3n) is 4.23. The number of hydrogen-bond donors (Lipinski definition) is 1. The van der Waals surface area contributed by atoms with Gasteiger partial charge in [-0.3, -0.25) is 4.79 Å². The monoisotopic (exact) mass is 304 g/mol. The van der Waals surface area contributed by atoms with Crippen LogP contribution in [0.1, 0.15) is 29.6 Å². The van der Waals surface area contributed by atoms with E-state index in [1.165, 1.54) is 24.9 Å². The van der Waals surface area contributed by atoms with Gasteiger partial charge in [-0.1, -0.05) is 0 Å². The third-order valence-corrected chi connectivity index (χ3v) is 4.23. The normalized spacial score (nSPS) is 22.4. The number of amides is 1. The van der Waals surface area contributed by atoms with E-state index in [2.05, 4.69) is 10.2 Å². The van der Waals surface area contributed by atoms with Gasteiger partial charge in [0.25, 0.3) is 5.91 Å². The van der Waals surface area contributed by atoms with Gasteiger partial charge in [-0.25, -0.2) is 0 Å². The third kappa shape index (κ3) is 3.99. The molecule has 5 heteroatoms. The van der Waals surface area contributed by atoms with E-state index < -0.39 is 0 Å². The molecular weight excluding hydrogens is 280 g/mol. The molecule has 2 saturated heterocycles. The highest BCUT2D eigenvalue weighted by Gasteiger charge is 2.16. The fourth-order valence-electron chi connectivity index (χ4n) is 2.94. The second kappa shape index (κ2) is 7.61. The summed E-state index contributed by atoms with van der Waals surface area (Å²) in [4.78, 5) is 14.5. The zero-order chi connectivity index (χ0) is 15.2. The lowest BCUT2D eigenvalue weighted by molar-refractivity contribution is -0.0855. The van der Waals surface area contributed by atoms with Crippen molar-refractivity contribution in [2.24, 2.45) is 0 Å². The Morgan fingerprint density at radius 1 is 1.14 bits per heavy atom. The number of piperidine rings is 1. The van der Waals surface area contributed by atoms with Crippen LogP contribution < -0.4 is 10.2 Å². The van der Waals surface area contributed by atoms with Gasteiger partial charge in [0.05, 0.1) is 25.9 Å². The molecule has 2 heterocycles. The van der Waals surface area contributed by atoms with Crippen molar-refractivity contribution in [2.75, 3.05) is 44.4 Å². The van der Waals surface area contributed by atoms with E-state index >= 15 is 0 Å². The summed E-state index contributed by atoms with van der Waals surface area (Å²) in [5.74, 6) is -0.0561. The van der Waals surface area contributed by atoms with Crippen LogP contribution in [0.3, 0.4) is 0 Å². The zero-order valence-corrected chi connectivity index (χ0v) is 12.9. The van der Waals surface area contributed by atoms with Gasteiger partial charge >= 0.3 is 0 Å². The highest BCUT2D eigenvalue weighted by molar-refractivity contribution is 5.94. The van der Waals surface area contributed by atoms with Crippen molar-refractivity contribution in [3.8, 4) is 0 Å². The molecule has 1 atom stereocenters. The lowest BCUT2D eigenvalue weighted by atomic mass is 10.1. The van der Waals surface area contributed by atoms with Crippen LogP contribution in [0, 0.1) is 0 Å². The molecule has 120 valence electrons. The first-order chi connectivity index (χ1) is 10.8. The number of ether oxygens (including phenoxy) is 2. The smallest absolute Gasteiger partial charge is 0.251 e. The second-order valence-electron chi connectivity index (χ2n) is 5.87. The Labute approximate surface area is 131 Å². The molecule has 5 nitrogen and oxygen atoms in total. The maximum Gasteiger partial charge on any atom is 0.251 e. The highest BCUT2D eigenvalue weighted by atomic mass is 16.6. The zero-order valence-electron chi connectivity index (χ0n) is 12.9. The van der Waals surface area contributed by atoms with Crippen molar-refractivity contribution in [3.63, 3.8) is 0 Å². The van der Waals surface area contributed by atoms with Crippen LogP contribution in [-0.2, 0) is 9.47 Å². The molecule has 0 saturated carbocycles. The average Bonchev–Trinajstić information content (AvgIpc) is 2.61. The van der Waals surface area contributed by atoms with E-state index in [-0.39, 0.29) is 12.0 Å². The Bertz CT molecular complexity index is 477. The van der Waals surface area contributed by atoms with Crippen LogP contribution in [0.25, 0.3) is 0 Å². The Balaban J connectivity index is 1.51. The van der Waals surface area contributed by atoms with Gasteiger partial charge < -0.3 is 19.7 Å². The maximum absolute atomic E-state index is 12.2. The average molecular weight is 304 g/mol. The number of nitrogens with one attached hydrogen (secondary N) is 1. The molecule has 2 aliphatic rings. The van der Waals surface area contributed by atoms with E-state index in [9.17, 15) is 4.79 Å². The van der Waals surface area contributed by atoms with E-state index in [0.717, 1.165) is 13.1 Å². The largest absolute Gasteiger partial charge is 0.376 e. The SMILES string of the molecule is O=C(NC[C@@H]1COCCO1)c1ccc(N2CCCCC2)cc1. The summed E-state index contributed by atoms with van der Waals surface area (Å²) in [6.07, 6.45) is 3.80. The van der Waals surface area contributed by atoms with Crippen LogP contribution in [0.15, 0.2) is 24.3 Å². The van der Waals surface area contributed by atoms with Gasteiger partial charge in [0.15, 0.2) is 0 Å². The van der Waals surface area contributed by atoms with Gasteiger partial charge in [-0.05, 0) is 43.5 Å². The summed E-state index contributed by atoms with van der Waals surface area (Å²) in [5, 5.41) is 2.91. The summed E-state index contributed by atoms with van der Waals surface area (Å²) >= 11 is 0. The second-order valence-corrected chi connectivity index (χ2v) is 5.87. The summed E-state index contributed by atoms with van der Waals surface area (Å²) < 4.78 is 10.8. The van der Waals surface area contributed by atoms with Gasteiger partial charge in [-0.15, -0.1) is 0 Å². The van der Waals surface area contributed by atoms with Crippen molar-refractivity contribution in [2.45, 2.75) is 25.4 Å². The van der Waals surface area contributed by atoms with Crippen molar-refractivity contribution < 1.29 is 14.3 Å². The number of carbonyl (C=O) groups is 1. The Kier molecular flexibility index (Phi) is 5.29. The minimum atomic E-state index is -0.0561. The molecule has 2 aliphatic heterocycles. The predicted molar refractivity (Wildman–Crippen MR) is 85.4 cm³/mol. The van der Waals surface area contributed by atoms with Gasteiger partial charge in [0.1, 0.15) is 0 Å². The maximum atomic E-state index is 12.2. The molecule has 0 radical (unpaired) electrons. The Morgan fingerprint density at radius 2 is 1.91 bits per heavy atom. The molecule has 0 aromatic heterocycles. The molecule has 1 amide bonds. The first kappa shape index (κ1) is 15.3. The summed E-state index contributed by atoms with van der Waals surface area (Å²) in [6.45, 7) is 4.52. The molecule has 0 spiro atoms. The van der Waals surface area contributed by atoms with Gasteiger partial charge in [-0.2, -0.15) is 0 Å². The first-order valence-corrected chi connectivity index (χ1v) is 8.15. The summed E-state index contributed by atoms with van der Waals surface area (Å²) in [7, 11) is 0. The number of nitrogens with zero attached hydrogens (tertiary/aromatic N) is 1. The fourth-order valence-corrected chi connectivity index (χ4v) is 2.94. The quantitative estimate of drug-likeness (QED) is 0.922. The minimum Gasteiger partial charge on any atom is -0.376 e. The van der Waals surface area contributed by atoms with Crippen molar-refractivity contribution >= 4 is 11.6 Å². The number of anilines is 1. The lowest BCUT2D eigenvalue weighted by Crippen LogP contribution is -2.39. The molecule has 0 unspecified atom stereocenters. The lowest BCUT2D eigenvalue weighted by Gasteiger charge is -2.28. The topological polar surface area (TPSA) is 50.8 Å². The summed E-state index contributed by atoms with van der Waals surface area (Å²) in [5.41, 5.74) is 1.90. The summed E-state index contributed by atoms with van der Waals surface area (Å²) in [6, 6.07) is 7.88. The highest BCUT2D eigenvalue weighted by Crippen LogP contribution is 2.20. The van der Waals surface area contributed by atoms with Gasteiger partial charge in [0, 0.05) is 30.9 Å². The molecule has 1 aromatic carbocycles. The molecule has 3 rings (SSSR count). The van der Waals surface area contributed by atoms with Crippen LogP contribution in [0.4, 0.5) is 5.69 Å². The molecule has 0 bridgehead atoms. The number of hydrogen-bond acceptors (Lipinski definition) is 4. The molecule has 22 heavy (non-hydrogen) atoms. The van der Waals surface area contributed by atoms with Crippen LogP contribution >= 0.6 is 0 Å². The molecule has 2 fully saturated rings. The molecule has 1 aromatic rings. The molecular formula is C17H24N2O3. The first-order valence-electron chi connectivity index (χ1n) is 8.15. The van der Waals surface area contributed by atoms with E-state index in [1.807, 2.05) is 24.3 Å². The van der Waals surface area contributed by atoms with E-state index in [4.69, 9.17) is 9.47 Å². The van der Waals surface area contributed by atoms with Crippen LogP contribution in [0.5, 0.6) is 0 Å². The molecule has 0 aliphatic carbocycles. The standard InChI is InChI=1S/C17H24N2O3/c20-17(18-12-16-13-21-10-11-22-16)14-4-6-15(7-5-14)19-8-2-1-3-9-19/h4-7,16H,1-3,8-13H2,(H,18,20)/t16-/m1/s1. The fraction of sp³-hybridized carbons (Fsp3) is 0.588. The number of rotatable bonds is 4. The molecule has 1 N–H and O–H groups in total. The van der Waals surface area contributed by atoms with Crippen molar-refractivity contribution in [1.29, 1.82) is 0 Å². The number of benzene rings is 1. The van der Waals surface area contributed by atoms with Crippen LogP contribution in [-0.4, -0.2) is 51.5 Å². The minimum absolute atomic E-state index is 0.0367. The van der Waals surface area contributed by atoms with Crippen LogP contribution in [0.2, 0.25) is 0 Å². The van der Waals surface area contributed by atoms with Crippen molar-refractivity contribution in [3.05, 3.63) is 29.8 Å². The van der Waals surface area contributed by atoms with E-state index in [1.54, 1.807) is 0 Å².